The lowest BCUT2D eigenvalue weighted by Gasteiger charge is -2.23. The van der Waals surface area contributed by atoms with Crippen molar-refractivity contribution in [2.24, 2.45) is 5.73 Å². The van der Waals surface area contributed by atoms with Crippen LogP contribution in [0.1, 0.15) is 46.0 Å². The molecule has 1 heterocycles. The average molecular weight is 382 g/mol. The Kier molecular flexibility index (Phi) is 10.1. The Bertz CT molecular complexity index is 524. The lowest BCUT2D eigenvalue weighted by Crippen LogP contribution is -2.25. The van der Waals surface area contributed by atoms with Crippen LogP contribution in [0.5, 0.6) is 0 Å². The van der Waals surface area contributed by atoms with Crippen LogP contribution >= 0.6 is 0 Å². The first-order chi connectivity index (χ1) is 13.2. The number of aromatic nitrogens is 3. The van der Waals surface area contributed by atoms with Gasteiger partial charge in [0.2, 0.25) is 17.8 Å². The Morgan fingerprint density at radius 1 is 0.926 bits per heavy atom. The van der Waals surface area contributed by atoms with Crippen LogP contribution in [-0.2, 0) is 9.47 Å². The van der Waals surface area contributed by atoms with E-state index in [4.69, 9.17) is 15.2 Å². The van der Waals surface area contributed by atoms with Gasteiger partial charge in [-0.05, 0) is 26.7 Å². The molecule has 5 N–H and O–H groups in total. The SMILES string of the molecule is CC(C)Nc1nc(NCCOCCOCCN)nc(NC2CCCCC2)n1. The third kappa shape index (κ3) is 9.16. The highest BCUT2D eigenvalue weighted by Crippen LogP contribution is 2.21. The molecule has 0 radical (unpaired) electrons. The minimum Gasteiger partial charge on any atom is -0.378 e. The summed E-state index contributed by atoms with van der Waals surface area (Å²) in [6, 6.07) is 0.692. The molecule has 0 saturated heterocycles. The smallest absolute Gasteiger partial charge is 0.229 e. The van der Waals surface area contributed by atoms with Crippen molar-refractivity contribution in [2.75, 3.05) is 55.5 Å². The van der Waals surface area contributed by atoms with E-state index in [0.29, 0.717) is 63.4 Å². The van der Waals surface area contributed by atoms with Crippen molar-refractivity contribution < 1.29 is 9.47 Å². The molecule has 1 aliphatic carbocycles. The van der Waals surface area contributed by atoms with E-state index in [-0.39, 0.29) is 6.04 Å². The molecule has 154 valence electrons. The molecule has 1 aromatic rings. The summed E-state index contributed by atoms with van der Waals surface area (Å²) in [5.41, 5.74) is 5.36. The zero-order valence-corrected chi connectivity index (χ0v) is 16.7. The number of hydrogen-bond acceptors (Lipinski definition) is 9. The van der Waals surface area contributed by atoms with Crippen molar-refractivity contribution in [1.82, 2.24) is 15.0 Å². The van der Waals surface area contributed by atoms with Crippen LogP contribution in [0.15, 0.2) is 0 Å². The van der Waals surface area contributed by atoms with Gasteiger partial charge < -0.3 is 31.2 Å². The molecule has 9 nitrogen and oxygen atoms in total. The van der Waals surface area contributed by atoms with Crippen molar-refractivity contribution in [1.29, 1.82) is 0 Å². The summed E-state index contributed by atoms with van der Waals surface area (Å²) < 4.78 is 10.8. The van der Waals surface area contributed by atoms with E-state index in [0.717, 1.165) is 0 Å². The largest absolute Gasteiger partial charge is 0.378 e. The van der Waals surface area contributed by atoms with Crippen molar-refractivity contribution in [3.05, 3.63) is 0 Å². The van der Waals surface area contributed by atoms with E-state index in [1.165, 1.54) is 32.1 Å². The van der Waals surface area contributed by atoms with Crippen molar-refractivity contribution in [3.63, 3.8) is 0 Å². The molecule has 9 heteroatoms. The standard InChI is InChI=1S/C18H35N7O2/c1-14(2)21-17-23-16(20-9-11-27-13-12-26-10-8-19)24-18(25-17)22-15-6-4-3-5-7-15/h14-15H,3-13,19H2,1-2H3,(H3,20,21,22,23,24,25). The Hall–Kier alpha value is -1.71. The zero-order chi connectivity index (χ0) is 19.3. The number of nitrogens with one attached hydrogen (secondary N) is 3. The summed E-state index contributed by atoms with van der Waals surface area (Å²) in [6.07, 6.45) is 6.18. The van der Waals surface area contributed by atoms with E-state index < -0.39 is 0 Å². The molecule has 1 aliphatic rings. The first-order valence-corrected chi connectivity index (χ1v) is 10.1. The van der Waals surface area contributed by atoms with Crippen molar-refractivity contribution in [2.45, 2.75) is 58.0 Å². The highest BCUT2D eigenvalue weighted by Gasteiger charge is 2.15. The monoisotopic (exact) mass is 381 g/mol. The molecule has 0 amide bonds. The van der Waals surface area contributed by atoms with E-state index in [1.54, 1.807) is 0 Å². The van der Waals surface area contributed by atoms with Gasteiger partial charge in [-0.3, -0.25) is 0 Å². The van der Waals surface area contributed by atoms with Crippen molar-refractivity contribution in [3.8, 4) is 0 Å². The lowest BCUT2D eigenvalue weighted by atomic mass is 9.96. The molecular formula is C18H35N7O2. The second-order valence-electron chi connectivity index (χ2n) is 7.02. The van der Waals surface area contributed by atoms with E-state index in [1.807, 2.05) is 0 Å². The maximum absolute atomic E-state index is 5.52. The fourth-order valence-electron chi connectivity index (χ4n) is 2.91. The van der Waals surface area contributed by atoms with Gasteiger partial charge in [0, 0.05) is 25.2 Å². The van der Waals surface area contributed by atoms with E-state index in [2.05, 4.69) is 44.7 Å². The van der Waals surface area contributed by atoms with Crippen LogP contribution in [0.3, 0.4) is 0 Å². The first-order valence-electron chi connectivity index (χ1n) is 10.1. The average Bonchev–Trinajstić information content (AvgIpc) is 2.64. The molecule has 1 aromatic heterocycles. The molecule has 1 saturated carbocycles. The maximum atomic E-state index is 5.52. The number of nitrogens with zero attached hydrogens (tertiary/aromatic N) is 3. The predicted molar refractivity (Wildman–Crippen MR) is 108 cm³/mol. The first kappa shape index (κ1) is 21.6. The molecule has 0 aliphatic heterocycles. The molecule has 0 atom stereocenters. The predicted octanol–water partition coefficient (Wildman–Crippen LogP) is 1.84. The second kappa shape index (κ2) is 12.6. The van der Waals surface area contributed by atoms with Gasteiger partial charge >= 0.3 is 0 Å². The summed E-state index contributed by atoms with van der Waals surface area (Å²) in [5, 5.41) is 9.93. The lowest BCUT2D eigenvalue weighted by molar-refractivity contribution is 0.0547. The topological polar surface area (TPSA) is 119 Å². The molecule has 27 heavy (non-hydrogen) atoms. The second-order valence-corrected chi connectivity index (χ2v) is 7.02. The van der Waals surface area contributed by atoms with Gasteiger partial charge in [0.1, 0.15) is 0 Å². The molecule has 1 fully saturated rings. The maximum Gasteiger partial charge on any atom is 0.229 e. The molecule has 0 unspecified atom stereocenters. The summed E-state index contributed by atoms with van der Waals surface area (Å²) >= 11 is 0. The number of ether oxygens (including phenoxy) is 2. The quantitative estimate of drug-likeness (QED) is 0.379. The number of nitrogens with two attached hydrogens (primary N) is 1. The fraction of sp³-hybridized carbons (Fsp3) is 0.833. The summed E-state index contributed by atoms with van der Waals surface area (Å²) in [5.74, 6) is 1.75. The summed E-state index contributed by atoms with van der Waals surface area (Å²) in [6.45, 7) is 7.49. The highest BCUT2D eigenvalue weighted by atomic mass is 16.5. The Labute approximate surface area is 162 Å². The number of hydrogen-bond donors (Lipinski definition) is 4. The van der Waals surface area contributed by atoms with Crippen LogP contribution < -0.4 is 21.7 Å². The third-order valence-corrected chi connectivity index (χ3v) is 4.16. The van der Waals surface area contributed by atoms with Crippen LogP contribution in [0.2, 0.25) is 0 Å². The van der Waals surface area contributed by atoms with Gasteiger partial charge in [0.05, 0.1) is 26.4 Å². The molecular weight excluding hydrogens is 346 g/mol. The van der Waals surface area contributed by atoms with Gasteiger partial charge in [-0.25, -0.2) is 0 Å². The van der Waals surface area contributed by atoms with E-state index >= 15 is 0 Å². The van der Waals surface area contributed by atoms with Crippen LogP contribution in [-0.4, -0.2) is 66.6 Å². The molecule has 0 spiro atoms. The minimum atomic E-state index is 0.250. The van der Waals surface area contributed by atoms with Gasteiger partial charge in [-0.1, -0.05) is 19.3 Å². The highest BCUT2D eigenvalue weighted by molar-refractivity contribution is 5.43. The van der Waals surface area contributed by atoms with Gasteiger partial charge in [-0.15, -0.1) is 0 Å². The van der Waals surface area contributed by atoms with Gasteiger partial charge in [0.25, 0.3) is 0 Å². The van der Waals surface area contributed by atoms with Crippen LogP contribution in [0.4, 0.5) is 17.8 Å². The Morgan fingerprint density at radius 3 is 2.30 bits per heavy atom. The van der Waals surface area contributed by atoms with Crippen LogP contribution in [0.25, 0.3) is 0 Å². The third-order valence-electron chi connectivity index (χ3n) is 4.16. The molecule has 2 rings (SSSR count). The fourth-order valence-corrected chi connectivity index (χ4v) is 2.91. The van der Waals surface area contributed by atoms with Crippen LogP contribution in [0, 0.1) is 0 Å². The zero-order valence-electron chi connectivity index (χ0n) is 16.7. The minimum absolute atomic E-state index is 0.250. The van der Waals surface area contributed by atoms with Crippen molar-refractivity contribution >= 4 is 17.8 Å². The number of rotatable bonds is 13. The van der Waals surface area contributed by atoms with Gasteiger partial charge in [-0.2, -0.15) is 15.0 Å². The van der Waals surface area contributed by atoms with Gasteiger partial charge in [0.15, 0.2) is 0 Å². The molecule has 0 bridgehead atoms. The normalized spacial score (nSPS) is 15.1. The Morgan fingerprint density at radius 2 is 1.59 bits per heavy atom. The summed E-state index contributed by atoms with van der Waals surface area (Å²) in [4.78, 5) is 13.5. The summed E-state index contributed by atoms with van der Waals surface area (Å²) in [7, 11) is 0. The number of anilines is 3. The molecule has 0 aromatic carbocycles. The van der Waals surface area contributed by atoms with E-state index in [9.17, 15) is 0 Å². The Balaban J connectivity index is 1.82.